The highest BCUT2D eigenvalue weighted by Crippen LogP contribution is 2.22. The van der Waals surface area contributed by atoms with Crippen molar-refractivity contribution >= 4 is 11.6 Å². The SMILES string of the molecule is Cc1cc(NC(=O)CC(C)N)ccc1OCCN1CCCC1. The number of nitrogens with zero attached hydrogens (tertiary/aromatic N) is 1. The minimum atomic E-state index is -0.130. The molecule has 22 heavy (non-hydrogen) atoms. The van der Waals surface area contributed by atoms with Gasteiger partial charge in [0.25, 0.3) is 0 Å². The first kappa shape index (κ1) is 16.8. The number of ether oxygens (including phenoxy) is 1. The van der Waals surface area contributed by atoms with E-state index in [1.165, 1.54) is 25.9 Å². The quantitative estimate of drug-likeness (QED) is 0.810. The Morgan fingerprint density at radius 2 is 2.14 bits per heavy atom. The number of nitrogens with one attached hydrogen (secondary N) is 1. The van der Waals surface area contributed by atoms with Crippen LogP contribution in [-0.4, -0.2) is 43.1 Å². The zero-order valence-corrected chi connectivity index (χ0v) is 13.6. The second-order valence-electron chi connectivity index (χ2n) is 6.11. The molecule has 1 atom stereocenters. The van der Waals surface area contributed by atoms with Gasteiger partial charge in [0, 0.05) is 24.7 Å². The van der Waals surface area contributed by atoms with Crippen molar-refractivity contribution < 1.29 is 9.53 Å². The molecule has 1 amide bonds. The highest BCUT2D eigenvalue weighted by Gasteiger charge is 2.11. The molecule has 1 aromatic carbocycles. The van der Waals surface area contributed by atoms with Crippen molar-refractivity contribution in [1.29, 1.82) is 0 Å². The van der Waals surface area contributed by atoms with E-state index < -0.39 is 0 Å². The summed E-state index contributed by atoms with van der Waals surface area (Å²) in [4.78, 5) is 14.1. The van der Waals surface area contributed by atoms with Crippen LogP contribution in [0.3, 0.4) is 0 Å². The molecule has 0 aromatic heterocycles. The molecular formula is C17H27N3O2. The number of carbonyl (C=O) groups excluding carboxylic acids is 1. The van der Waals surface area contributed by atoms with E-state index in [1.54, 1.807) is 0 Å². The number of likely N-dealkylation sites (tertiary alicyclic amines) is 1. The molecule has 2 rings (SSSR count). The molecule has 5 nitrogen and oxygen atoms in total. The Morgan fingerprint density at radius 1 is 1.41 bits per heavy atom. The zero-order valence-electron chi connectivity index (χ0n) is 13.6. The summed E-state index contributed by atoms with van der Waals surface area (Å²) in [5.74, 6) is 0.821. The monoisotopic (exact) mass is 305 g/mol. The standard InChI is InChI=1S/C17H27N3O2/c1-13-11-15(19-17(21)12-14(2)18)5-6-16(13)22-10-9-20-7-3-4-8-20/h5-6,11,14H,3-4,7-10,12,18H2,1-2H3,(H,19,21). The Morgan fingerprint density at radius 3 is 2.77 bits per heavy atom. The van der Waals surface area contributed by atoms with Crippen molar-refractivity contribution in [1.82, 2.24) is 4.90 Å². The van der Waals surface area contributed by atoms with Gasteiger partial charge >= 0.3 is 0 Å². The first-order chi connectivity index (χ1) is 10.5. The first-order valence-corrected chi connectivity index (χ1v) is 8.06. The molecule has 1 heterocycles. The van der Waals surface area contributed by atoms with Gasteiger partial charge in [-0.3, -0.25) is 9.69 Å². The number of rotatable bonds is 7. The summed E-state index contributed by atoms with van der Waals surface area (Å²) >= 11 is 0. The van der Waals surface area contributed by atoms with E-state index in [0.717, 1.165) is 23.5 Å². The van der Waals surface area contributed by atoms with Gasteiger partial charge in [-0.1, -0.05) is 0 Å². The number of anilines is 1. The molecule has 1 fully saturated rings. The van der Waals surface area contributed by atoms with Crippen LogP contribution in [0.5, 0.6) is 5.75 Å². The van der Waals surface area contributed by atoms with Gasteiger partial charge in [-0.15, -0.1) is 0 Å². The van der Waals surface area contributed by atoms with E-state index in [-0.39, 0.29) is 11.9 Å². The highest BCUT2D eigenvalue weighted by atomic mass is 16.5. The Bertz CT molecular complexity index is 497. The number of nitrogens with two attached hydrogens (primary N) is 1. The summed E-state index contributed by atoms with van der Waals surface area (Å²) in [6.45, 7) is 7.87. The van der Waals surface area contributed by atoms with Crippen LogP contribution >= 0.6 is 0 Å². The molecule has 5 heteroatoms. The van der Waals surface area contributed by atoms with Crippen molar-refractivity contribution in [3.05, 3.63) is 23.8 Å². The van der Waals surface area contributed by atoms with Gasteiger partial charge in [0.15, 0.2) is 0 Å². The van der Waals surface area contributed by atoms with Crippen LogP contribution in [0, 0.1) is 6.92 Å². The van der Waals surface area contributed by atoms with Crippen LogP contribution in [0.1, 0.15) is 31.7 Å². The Balaban J connectivity index is 1.82. The van der Waals surface area contributed by atoms with E-state index in [9.17, 15) is 4.79 Å². The lowest BCUT2D eigenvalue weighted by atomic mass is 10.2. The van der Waals surface area contributed by atoms with Crippen LogP contribution in [0.4, 0.5) is 5.69 Å². The number of amides is 1. The molecule has 122 valence electrons. The third kappa shape index (κ3) is 5.31. The lowest BCUT2D eigenvalue weighted by molar-refractivity contribution is -0.116. The van der Waals surface area contributed by atoms with Crippen LogP contribution in [0.15, 0.2) is 18.2 Å². The van der Waals surface area contributed by atoms with Gasteiger partial charge in [-0.05, 0) is 63.5 Å². The van der Waals surface area contributed by atoms with Gasteiger partial charge in [0.05, 0.1) is 0 Å². The van der Waals surface area contributed by atoms with E-state index in [0.29, 0.717) is 13.0 Å². The predicted octanol–water partition coefficient (Wildman–Crippen LogP) is 2.15. The van der Waals surface area contributed by atoms with Gasteiger partial charge < -0.3 is 15.8 Å². The summed E-state index contributed by atoms with van der Waals surface area (Å²) in [5.41, 5.74) is 7.44. The van der Waals surface area contributed by atoms with E-state index in [4.69, 9.17) is 10.5 Å². The summed E-state index contributed by atoms with van der Waals surface area (Å²) < 4.78 is 5.85. The molecule has 1 aromatic rings. The first-order valence-electron chi connectivity index (χ1n) is 8.06. The lowest BCUT2D eigenvalue weighted by Gasteiger charge is -2.16. The molecule has 0 spiro atoms. The van der Waals surface area contributed by atoms with E-state index in [1.807, 2.05) is 32.0 Å². The van der Waals surface area contributed by atoms with Gasteiger partial charge in [-0.2, -0.15) is 0 Å². The minimum Gasteiger partial charge on any atom is -0.492 e. The van der Waals surface area contributed by atoms with Crippen molar-refractivity contribution in [2.75, 3.05) is 31.6 Å². The molecule has 0 aliphatic carbocycles. The number of hydrogen-bond acceptors (Lipinski definition) is 4. The smallest absolute Gasteiger partial charge is 0.225 e. The lowest BCUT2D eigenvalue weighted by Crippen LogP contribution is -2.25. The average molecular weight is 305 g/mol. The van der Waals surface area contributed by atoms with E-state index in [2.05, 4.69) is 10.2 Å². The normalized spacial score (nSPS) is 16.5. The Hall–Kier alpha value is -1.59. The summed E-state index contributed by atoms with van der Waals surface area (Å²) in [6.07, 6.45) is 2.93. The maximum absolute atomic E-state index is 11.7. The molecule has 3 N–H and O–H groups in total. The Labute approximate surface area is 132 Å². The summed E-state index contributed by atoms with van der Waals surface area (Å²) in [5, 5.41) is 2.86. The minimum absolute atomic E-state index is 0.0582. The molecule has 1 aliphatic rings. The van der Waals surface area contributed by atoms with Crippen molar-refractivity contribution in [3.63, 3.8) is 0 Å². The largest absolute Gasteiger partial charge is 0.492 e. The molecule has 0 bridgehead atoms. The fourth-order valence-corrected chi connectivity index (χ4v) is 2.68. The zero-order chi connectivity index (χ0) is 15.9. The van der Waals surface area contributed by atoms with Crippen molar-refractivity contribution in [2.45, 2.75) is 39.2 Å². The third-order valence-corrected chi connectivity index (χ3v) is 3.83. The number of carbonyl (C=O) groups is 1. The molecule has 1 saturated heterocycles. The van der Waals surface area contributed by atoms with E-state index >= 15 is 0 Å². The summed E-state index contributed by atoms with van der Waals surface area (Å²) in [7, 11) is 0. The van der Waals surface area contributed by atoms with Crippen LogP contribution < -0.4 is 15.8 Å². The number of hydrogen-bond donors (Lipinski definition) is 2. The fourth-order valence-electron chi connectivity index (χ4n) is 2.68. The number of benzene rings is 1. The van der Waals surface area contributed by atoms with Gasteiger partial charge in [-0.25, -0.2) is 0 Å². The second kappa shape index (κ2) is 8.15. The average Bonchev–Trinajstić information content (AvgIpc) is 2.93. The van der Waals surface area contributed by atoms with Crippen LogP contribution in [0.2, 0.25) is 0 Å². The Kier molecular flexibility index (Phi) is 6.21. The van der Waals surface area contributed by atoms with Gasteiger partial charge in [0.2, 0.25) is 5.91 Å². The number of aryl methyl sites for hydroxylation is 1. The van der Waals surface area contributed by atoms with Crippen LogP contribution in [0.25, 0.3) is 0 Å². The molecule has 0 saturated carbocycles. The van der Waals surface area contributed by atoms with Crippen molar-refractivity contribution in [2.24, 2.45) is 5.73 Å². The second-order valence-corrected chi connectivity index (χ2v) is 6.11. The highest BCUT2D eigenvalue weighted by molar-refractivity contribution is 5.91. The molecule has 1 unspecified atom stereocenters. The van der Waals surface area contributed by atoms with Crippen molar-refractivity contribution in [3.8, 4) is 5.75 Å². The third-order valence-electron chi connectivity index (χ3n) is 3.83. The molecule has 0 radical (unpaired) electrons. The maximum Gasteiger partial charge on any atom is 0.225 e. The molecular weight excluding hydrogens is 278 g/mol. The summed E-state index contributed by atoms with van der Waals surface area (Å²) in [6, 6.07) is 5.59. The molecule has 1 aliphatic heterocycles. The topological polar surface area (TPSA) is 67.6 Å². The van der Waals surface area contributed by atoms with Gasteiger partial charge in [0.1, 0.15) is 12.4 Å². The van der Waals surface area contributed by atoms with Crippen LogP contribution in [-0.2, 0) is 4.79 Å². The fraction of sp³-hybridized carbons (Fsp3) is 0.588. The maximum atomic E-state index is 11.7. The predicted molar refractivity (Wildman–Crippen MR) is 89.2 cm³/mol.